The number of hydrogen-bond donors (Lipinski definition) is 2. The number of aromatic nitrogens is 1. The molecule has 0 radical (unpaired) electrons. The number of pyridine rings is 1. The van der Waals surface area contributed by atoms with Gasteiger partial charge in [0.2, 0.25) is 5.60 Å². The standard InChI is InChI=1S/C16H16N2O3/c1-10(2)16(15(19)20)9-13(18-21-16)14-12-6-4-3-5-11(12)7-8-17-14/h3-10,18H,1-2H3,(H,19,20). The molecule has 0 amide bonds. The Balaban J connectivity index is 2.14. The molecule has 0 spiro atoms. The summed E-state index contributed by atoms with van der Waals surface area (Å²) in [7, 11) is 0. The topological polar surface area (TPSA) is 71.5 Å². The third-order valence-electron chi connectivity index (χ3n) is 3.81. The molecule has 1 aromatic heterocycles. The smallest absolute Gasteiger partial charge is 0.343 e. The van der Waals surface area contributed by atoms with Gasteiger partial charge < -0.3 is 5.11 Å². The fraction of sp³-hybridized carbons (Fsp3) is 0.250. The molecule has 108 valence electrons. The van der Waals surface area contributed by atoms with Gasteiger partial charge in [0, 0.05) is 11.6 Å². The maximum atomic E-state index is 11.6. The largest absolute Gasteiger partial charge is 0.479 e. The van der Waals surface area contributed by atoms with E-state index in [0.717, 1.165) is 10.8 Å². The van der Waals surface area contributed by atoms with Gasteiger partial charge in [-0.15, -0.1) is 0 Å². The average molecular weight is 284 g/mol. The molecule has 5 heteroatoms. The van der Waals surface area contributed by atoms with E-state index in [2.05, 4.69) is 10.5 Å². The quantitative estimate of drug-likeness (QED) is 0.906. The van der Waals surface area contributed by atoms with Crippen LogP contribution in [0.15, 0.2) is 42.6 Å². The fourth-order valence-corrected chi connectivity index (χ4v) is 2.50. The van der Waals surface area contributed by atoms with E-state index in [-0.39, 0.29) is 5.92 Å². The highest BCUT2D eigenvalue weighted by Gasteiger charge is 2.46. The van der Waals surface area contributed by atoms with E-state index in [1.165, 1.54) is 0 Å². The minimum absolute atomic E-state index is 0.213. The van der Waals surface area contributed by atoms with Gasteiger partial charge >= 0.3 is 5.97 Å². The van der Waals surface area contributed by atoms with Gasteiger partial charge in [0.05, 0.1) is 11.4 Å². The van der Waals surface area contributed by atoms with Crippen LogP contribution in [-0.2, 0) is 9.63 Å². The third kappa shape index (κ3) is 2.06. The lowest BCUT2D eigenvalue weighted by Gasteiger charge is -2.24. The minimum atomic E-state index is -1.37. The monoisotopic (exact) mass is 284 g/mol. The van der Waals surface area contributed by atoms with Gasteiger partial charge in [-0.2, -0.15) is 0 Å². The molecule has 1 atom stereocenters. The molecular weight excluding hydrogens is 268 g/mol. The number of carbonyl (C=O) groups is 1. The van der Waals surface area contributed by atoms with E-state index in [9.17, 15) is 9.90 Å². The van der Waals surface area contributed by atoms with Crippen LogP contribution in [0.25, 0.3) is 16.5 Å². The van der Waals surface area contributed by atoms with Gasteiger partial charge in [-0.1, -0.05) is 38.1 Å². The molecule has 21 heavy (non-hydrogen) atoms. The first kappa shape index (κ1) is 13.6. The Morgan fingerprint density at radius 1 is 1.33 bits per heavy atom. The zero-order valence-electron chi connectivity index (χ0n) is 11.8. The second kappa shape index (κ2) is 4.86. The highest BCUT2D eigenvalue weighted by atomic mass is 16.7. The molecule has 1 aliphatic heterocycles. The number of nitrogens with one attached hydrogen (secondary N) is 1. The summed E-state index contributed by atoms with van der Waals surface area (Å²) >= 11 is 0. The van der Waals surface area contributed by atoms with E-state index >= 15 is 0 Å². The Kier molecular flexibility index (Phi) is 3.14. The Morgan fingerprint density at radius 3 is 2.76 bits per heavy atom. The molecule has 0 bridgehead atoms. The van der Waals surface area contributed by atoms with Crippen molar-refractivity contribution in [1.29, 1.82) is 0 Å². The summed E-state index contributed by atoms with van der Waals surface area (Å²) in [5, 5.41) is 11.5. The van der Waals surface area contributed by atoms with E-state index in [1.807, 2.05) is 44.2 Å². The summed E-state index contributed by atoms with van der Waals surface area (Å²) in [6.07, 6.45) is 3.31. The van der Waals surface area contributed by atoms with Crippen molar-refractivity contribution in [2.75, 3.05) is 0 Å². The maximum absolute atomic E-state index is 11.6. The molecule has 2 N–H and O–H groups in total. The lowest BCUT2D eigenvalue weighted by atomic mass is 9.89. The minimum Gasteiger partial charge on any atom is -0.479 e. The van der Waals surface area contributed by atoms with E-state index in [4.69, 9.17) is 4.84 Å². The van der Waals surface area contributed by atoms with Crippen LogP contribution in [0.4, 0.5) is 0 Å². The van der Waals surface area contributed by atoms with Crippen LogP contribution in [0.5, 0.6) is 0 Å². The van der Waals surface area contributed by atoms with Gasteiger partial charge in [0.25, 0.3) is 0 Å². The van der Waals surface area contributed by atoms with Crippen LogP contribution in [0.2, 0.25) is 0 Å². The zero-order chi connectivity index (χ0) is 15.0. The molecule has 1 aliphatic rings. The second-order valence-corrected chi connectivity index (χ2v) is 5.40. The summed E-state index contributed by atoms with van der Waals surface area (Å²) in [4.78, 5) is 21.3. The summed E-state index contributed by atoms with van der Waals surface area (Å²) in [6.45, 7) is 3.62. The molecule has 5 nitrogen and oxygen atoms in total. The molecule has 0 fully saturated rings. The molecule has 0 aliphatic carbocycles. The van der Waals surface area contributed by atoms with E-state index in [1.54, 1.807) is 12.3 Å². The van der Waals surface area contributed by atoms with Crippen LogP contribution in [-0.4, -0.2) is 21.7 Å². The van der Waals surface area contributed by atoms with Crippen LogP contribution in [0, 0.1) is 5.92 Å². The first-order valence-electron chi connectivity index (χ1n) is 6.79. The molecule has 3 rings (SSSR count). The van der Waals surface area contributed by atoms with Crippen molar-refractivity contribution in [2.45, 2.75) is 19.4 Å². The van der Waals surface area contributed by atoms with Crippen LogP contribution < -0.4 is 5.48 Å². The Hall–Kier alpha value is -2.40. The third-order valence-corrected chi connectivity index (χ3v) is 3.81. The summed E-state index contributed by atoms with van der Waals surface area (Å²) in [6, 6.07) is 9.74. The van der Waals surface area contributed by atoms with E-state index in [0.29, 0.717) is 11.4 Å². The van der Waals surface area contributed by atoms with Crippen molar-refractivity contribution in [2.24, 2.45) is 5.92 Å². The number of hydrogen-bond acceptors (Lipinski definition) is 4. The molecule has 1 unspecified atom stereocenters. The second-order valence-electron chi connectivity index (χ2n) is 5.40. The Bertz CT molecular complexity index is 734. The number of benzene rings is 1. The van der Waals surface area contributed by atoms with E-state index < -0.39 is 11.6 Å². The highest BCUT2D eigenvalue weighted by Crippen LogP contribution is 2.33. The van der Waals surface area contributed by atoms with Crippen LogP contribution in [0.3, 0.4) is 0 Å². The molecule has 0 saturated carbocycles. The molecule has 2 aromatic rings. The van der Waals surface area contributed by atoms with Gasteiger partial charge in [-0.3, -0.25) is 15.3 Å². The zero-order valence-corrected chi connectivity index (χ0v) is 11.8. The number of hydroxylamine groups is 1. The molecule has 1 aromatic carbocycles. The van der Waals surface area contributed by atoms with Crippen molar-refractivity contribution < 1.29 is 14.7 Å². The van der Waals surface area contributed by atoms with Crippen molar-refractivity contribution in [1.82, 2.24) is 10.5 Å². The van der Waals surface area contributed by atoms with Crippen molar-refractivity contribution >= 4 is 22.4 Å². The number of nitrogens with zero attached hydrogens (tertiary/aromatic N) is 1. The first-order valence-corrected chi connectivity index (χ1v) is 6.79. The number of fused-ring (bicyclic) bond motifs is 1. The van der Waals surface area contributed by atoms with Crippen molar-refractivity contribution in [3.8, 4) is 0 Å². The predicted octanol–water partition coefficient (Wildman–Crippen LogP) is 2.59. The molecular formula is C16H16N2O3. The van der Waals surface area contributed by atoms with Crippen molar-refractivity contribution in [3.63, 3.8) is 0 Å². The summed E-state index contributed by atoms with van der Waals surface area (Å²) < 4.78 is 0. The Morgan fingerprint density at radius 2 is 2.10 bits per heavy atom. The number of rotatable bonds is 3. The maximum Gasteiger partial charge on any atom is 0.343 e. The number of carboxylic acids is 1. The average Bonchev–Trinajstić information content (AvgIpc) is 2.93. The van der Waals surface area contributed by atoms with Crippen LogP contribution in [0.1, 0.15) is 19.5 Å². The summed E-state index contributed by atoms with van der Waals surface area (Å²) in [5.74, 6) is -1.23. The Labute approximate surface area is 122 Å². The number of aliphatic carboxylic acids is 1. The van der Waals surface area contributed by atoms with Gasteiger partial charge in [-0.05, 0) is 23.4 Å². The van der Waals surface area contributed by atoms with Crippen LogP contribution >= 0.6 is 0 Å². The molecule has 2 heterocycles. The number of carboxylic acid groups (broad SMARTS) is 1. The lowest BCUT2D eigenvalue weighted by Crippen LogP contribution is -2.43. The highest BCUT2D eigenvalue weighted by molar-refractivity contribution is 5.94. The van der Waals surface area contributed by atoms with Gasteiger partial charge in [-0.25, -0.2) is 4.79 Å². The lowest BCUT2D eigenvalue weighted by molar-refractivity contribution is -0.167. The SMILES string of the molecule is CC(C)C1(C(=O)O)C=C(c2nccc3ccccc23)NO1. The first-order chi connectivity index (χ1) is 10.0. The van der Waals surface area contributed by atoms with Crippen molar-refractivity contribution in [3.05, 3.63) is 48.3 Å². The van der Waals surface area contributed by atoms with Gasteiger partial charge in [0.1, 0.15) is 0 Å². The predicted molar refractivity (Wildman–Crippen MR) is 79.1 cm³/mol. The molecule has 0 saturated heterocycles. The fourth-order valence-electron chi connectivity index (χ4n) is 2.50. The normalized spacial score (nSPS) is 21.4. The van der Waals surface area contributed by atoms with Gasteiger partial charge in [0.15, 0.2) is 0 Å². The summed E-state index contributed by atoms with van der Waals surface area (Å²) in [5.41, 5.74) is 2.65.